The zero-order valence-electron chi connectivity index (χ0n) is 11.6. The average molecular weight is 276 g/mol. The lowest BCUT2D eigenvalue weighted by atomic mass is 10.1. The molecule has 1 unspecified atom stereocenters. The molecule has 1 heterocycles. The Balaban J connectivity index is 1.98. The lowest BCUT2D eigenvalue weighted by Gasteiger charge is -2.17. The molecular weight excluding hydrogens is 256 g/mol. The van der Waals surface area contributed by atoms with Gasteiger partial charge in [0, 0.05) is 25.4 Å². The van der Waals surface area contributed by atoms with Gasteiger partial charge in [0.25, 0.3) is 0 Å². The van der Waals surface area contributed by atoms with E-state index in [2.05, 4.69) is 5.32 Å². The zero-order valence-corrected chi connectivity index (χ0v) is 11.6. The molecule has 108 valence electrons. The van der Waals surface area contributed by atoms with Crippen LogP contribution in [0.1, 0.15) is 18.4 Å². The second-order valence-corrected chi connectivity index (χ2v) is 5.03. The van der Waals surface area contributed by atoms with E-state index >= 15 is 0 Å². The van der Waals surface area contributed by atoms with Gasteiger partial charge in [0.2, 0.25) is 11.8 Å². The summed E-state index contributed by atoms with van der Waals surface area (Å²) in [4.78, 5) is 25.9. The predicted molar refractivity (Wildman–Crippen MR) is 76.4 cm³/mol. The predicted octanol–water partition coefficient (Wildman–Crippen LogP) is 0.847. The number of carbonyl (C=O) groups excluding carboxylic acids is 2. The van der Waals surface area contributed by atoms with Gasteiger partial charge in [-0.15, -0.1) is 0 Å². The van der Waals surface area contributed by atoms with Crippen molar-refractivity contribution in [2.75, 3.05) is 24.6 Å². The van der Waals surface area contributed by atoms with Gasteiger partial charge in [-0.05, 0) is 31.9 Å². The van der Waals surface area contributed by atoms with Crippen molar-refractivity contribution in [3.05, 3.63) is 29.8 Å². The SMILES string of the molecule is Cc1ccc(N2CCC(C(=O)NCCCO)C2=O)cc1. The van der Waals surface area contributed by atoms with Gasteiger partial charge >= 0.3 is 0 Å². The van der Waals surface area contributed by atoms with Crippen LogP contribution >= 0.6 is 0 Å². The molecule has 20 heavy (non-hydrogen) atoms. The summed E-state index contributed by atoms with van der Waals surface area (Å²) >= 11 is 0. The van der Waals surface area contributed by atoms with E-state index < -0.39 is 5.92 Å². The maximum atomic E-state index is 12.3. The number of aliphatic hydroxyl groups is 1. The first-order valence-electron chi connectivity index (χ1n) is 6.90. The number of benzene rings is 1. The molecule has 0 bridgehead atoms. The second kappa shape index (κ2) is 6.52. The van der Waals surface area contributed by atoms with Crippen molar-refractivity contribution in [1.29, 1.82) is 0 Å². The molecule has 0 radical (unpaired) electrons. The number of aryl methyl sites for hydroxylation is 1. The maximum absolute atomic E-state index is 12.3. The van der Waals surface area contributed by atoms with Crippen molar-refractivity contribution in [3.8, 4) is 0 Å². The zero-order chi connectivity index (χ0) is 14.5. The highest BCUT2D eigenvalue weighted by Gasteiger charge is 2.37. The molecule has 1 aliphatic rings. The summed E-state index contributed by atoms with van der Waals surface area (Å²) in [5, 5.41) is 11.4. The highest BCUT2D eigenvalue weighted by molar-refractivity contribution is 6.09. The van der Waals surface area contributed by atoms with Gasteiger partial charge in [-0.2, -0.15) is 0 Å². The lowest BCUT2D eigenvalue weighted by Crippen LogP contribution is -2.37. The van der Waals surface area contributed by atoms with Gasteiger partial charge in [-0.1, -0.05) is 17.7 Å². The van der Waals surface area contributed by atoms with Gasteiger partial charge in [-0.25, -0.2) is 0 Å². The molecule has 2 rings (SSSR count). The number of hydrogen-bond donors (Lipinski definition) is 2. The van der Waals surface area contributed by atoms with Gasteiger partial charge in [0.1, 0.15) is 5.92 Å². The summed E-state index contributed by atoms with van der Waals surface area (Å²) in [6.45, 7) is 3.00. The van der Waals surface area contributed by atoms with E-state index in [1.807, 2.05) is 31.2 Å². The lowest BCUT2D eigenvalue weighted by molar-refractivity contribution is -0.132. The number of nitrogens with one attached hydrogen (secondary N) is 1. The number of nitrogens with zero attached hydrogens (tertiary/aromatic N) is 1. The molecule has 1 atom stereocenters. The van der Waals surface area contributed by atoms with Crippen LogP contribution in [0.15, 0.2) is 24.3 Å². The monoisotopic (exact) mass is 276 g/mol. The van der Waals surface area contributed by atoms with Crippen LogP contribution in [-0.2, 0) is 9.59 Å². The minimum Gasteiger partial charge on any atom is -0.396 e. The third-order valence-corrected chi connectivity index (χ3v) is 3.50. The number of amides is 2. The van der Waals surface area contributed by atoms with Crippen LogP contribution in [0.3, 0.4) is 0 Å². The molecular formula is C15H20N2O3. The molecule has 0 aromatic heterocycles. The molecule has 2 amide bonds. The first-order chi connectivity index (χ1) is 9.63. The minimum absolute atomic E-state index is 0.0361. The third kappa shape index (κ3) is 3.17. The minimum atomic E-state index is -0.602. The summed E-state index contributed by atoms with van der Waals surface area (Å²) in [7, 11) is 0. The summed E-state index contributed by atoms with van der Waals surface area (Å²) < 4.78 is 0. The summed E-state index contributed by atoms with van der Waals surface area (Å²) in [5.41, 5.74) is 1.98. The van der Waals surface area contributed by atoms with Gasteiger partial charge in [0.05, 0.1) is 0 Å². The molecule has 1 fully saturated rings. The van der Waals surface area contributed by atoms with Gasteiger partial charge in [0.15, 0.2) is 0 Å². The van der Waals surface area contributed by atoms with Crippen molar-refractivity contribution < 1.29 is 14.7 Å². The van der Waals surface area contributed by atoms with E-state index in [0.717, 1.165) is 11.3 Å². The topological polar surface area (TPSA) is 69.6 Å². The van der Waals surface area contributed by atoms with Crippen LogP contribution < -0.4 is 10.2 Å². The Bertz CT molecular complexity index is 484. The van der Waals surface area contributed by atoms with E-state index in [4.69, 9.17) is 5.11 Å². The van der Waals surface area contributed by atoms with E-state index in [1.54, 1.807) is 4.90 Å². The van der Waals surface area contributed by atoms with Crippen LogP contribution in [0.4, 0.5) is 5.69 Å². The number of carbonyl (C=O) groups is 2. The van der Waals surface area contributed by atoms with Crippen LogP contribution in [0.5, 0.6) is 0 Å². The average Bonchev–Trinajstić information content (AvgIpc) is 2.82. The highest BCUT2D eigenvalue weighted by Crippen LogP contribution is 2.25. The number of anilines is 1. The Morgan fingerprint density at radius 1 is 1.40 bits per heavy atom. The van der Waals surface area contributed by atoms with E-state index in [-0.39, 0.29) is 18.4 Å². The molecule has 1 aromatic rings. The second-order valence-electron chi connectivity index (χ2n) is 5.03. The standard InChI is InChI=1S/C15H20N2O3/c1-11-3-5-12(6-4-11)17-9-7-13(15(17)20)14(19)16-8-2-10-18/h3-6,13,18H,2,7-10H2,1H3,(H,16,19). The van der Waals surface area contributed by atoms with Crippen molar-refractivity contribution in [2.45, 2.75) is 19.8 Å². The Morgan fingerprint density at radius 2 is 2.10 bits per heavy atom. The van der Waals surface area contributed by atoms with Gasteiger partial charge < -0.3 is 15.3 Å². The Kier molecular flexibility index (Phi) is 4.74. The number of rotatable bonds is 5. The highest BCUT2D eigenvalue weighted by atomic mass is 16.3. The molecule has 5 nitrogen and oxygen atoms in total. The molecule has 1 saturated heterocycles. The first-order valence-corrected chi connectivity index (χ1v) is 6.90. The van der Waals surface area contributed by atoms with Crippen LogP contribution in [0.2, 0.25) is 0 Å². The quantitative estimate of drug-likeness (QED) is 0.618. The first kappa shape index (κ1) is 14.5. The maximum Gasteiger partial charge on any atom is 0.239 e. The van der Waals surface area contributed by atoms with Crippen molar-refractivity contribution in [2.24, 2.45) is 5.92 Å². The summed E-state index contributed by atoms with van der Waals surface area (Å²) in [5.74, 6) is -0.983. The van der Waals surface area contributed by atoms with Crippen molar-refractivity contribution in [1.82, 2.24) is 5.32 Å². The summed E-state index contributed by atoms with van der Waals surface area (Å²) in [6, 6.07) is 7.72. The largest absolute Gasteiger partial charge is 0.396 e. The molecule has 0 spiro atoms. The van der Waals surface area contributed by atoms with Crippen LogP contribution in [0.25, 0.3) is 0 Å². The molecule has 0 aliphatic carbocycles. The molecule has 1 aliphatic heterocycles. The Morgan fingerprint density at radius 3 is 2.75 bits per heavy atom. The number of aliphatic hydroxyl groups excluding tert-OH is 1. The normalized spacial score (nSPS) is 18.4. The van der Waals surface area contributed by atoms with Crippen molar-refractivity contribution in [3.63, 3.8) is 0 Å². The van der Waals surface area contributed by atoms with Crippen LogP contribution in [-0.4, -0.2) is 36.6 Å². The van der Waals surface area contributed by atoms with E-state index in [1.165, 1.54) is 0 Å². The molecule has 1 aromatic carbocycles. The fourth-order valence-corrected chi connectivity index (χ4v) is 2.32. The Labute approximate surface area is 118 Å². The molecule has 0 saturated carbocycles. The Hall–Kier alpha value is -1.88. The third-order valence-electron chi connectivity index (χ3n) is 3.50. The van der Waals surface area contributed by atoms with Crippen molar-refractivity contribution >= 4 is 17.5 Å². The molecule has 2 N–H and O–H groups in total. The summed E-state index contributed by atoms with van der Waals surface area (Å²) in [6.07, 6.45) is 1.05. The number of hydrogen-bond acceptors (Lipinski definition) is 3. The molecule has 5 heteroatoms. The van der Waals surface area contributed by atoms with E-state index in [9.17, 15) is 9.59 Å². The van der Waals surface area contributed by atoms with Gasteiger partial charge in [-0.3, -0.25) is 9.59 Å². The fourth-order valence-electron chi connectivity index (χ4n) is 2.32. The smallest absolute Gasteiger partial charge is 0.239 e. The van der Waals surface area contributed by atoms with Crippen LogP contribution in [0, 0.1) is 12.8 Å². The fraction of sp³-hybridized carbons (Fsp3) is 0.467. The van der Waals surface area contributed by atoms with E-state index in [0.29, 0.717) is 25.9 Å².